The highest BCUT2D eigenvalue weighted by Crippen LogP contribution is 2.39. The van der Waals surface area contributed by atoms with Crippen LogP contribution in [0.3, 0.4) is 0 Å². The van der Waals surface area contributed by atoms with Gasteiger partial charge in [-0.05, 0) is 53.4 Å². The monoisotopic (exact) mass is 423 g/mol. The third kappa shape index (κ3) is 5.21. The predicted molar refractivity (Wildman–Crippen MR) is 104 cm³/mol. The molecule has 1 nitrogen and oxygen atoms in total. The molecule has 7 heteroatoms. The molecule has 0 radical (unpaired) electrons. The molecule has 3 aromatic rings. The number of halogens is 6. The van der Waals surface area contributed by atoms with Gasteiger partial charge in [-0.2, -0.15) is 26.3 Å². The number of nitrogens with one attached hydrogen (secondary N) is 1. The molecule has 0 aliphatic carbocycles. The largest absolute Gasteiger partial charge is 0.417 e. The number of hydrogen-bond donors (Lipinski definition) is 1. The molecule has 1 atom stereocenters. The van der Waals surface area contributed by atoms with E-state index in [-0.39, 0.29) is 17.2 Å². The molecule has 0 bridgehead atoms. The van der Waals surface area contributed by atoms with Crippen LogP contribution in [0.2, 0.25) is 0 Å². The second-order valence-electron chi connectivity index (χ2n) is 6.97. The Kier molecular flexibility index (Phi) is 6.22. The van der Waals surface area contributed by atoms with E-state index in [1.807, 2.05) is 37.3 Å². The summed E-state index contributed by atoms with van der Waals surface area (Å²) in [5, 5.41) is 3.25. The Morgan fingerprint density at radius 3 is 1.97 bits per heavy atom. The molecular formula is C23H19F6N. The summed E-state index contributed by atoms with van der Waals surface area (Å²) < 4.78 is 78.8. The lowest BCUT2D eigenvalue weighted by molar-refractivity contribution is -0.138. The molecule has 0 aromatic heterocycles. The second-order valence-corrected chi connectivity index (χ2v) is 6.97. The molecule has 0 fully saturated rings. The van der Waals surface area contributed by atoms with E-state index >= 15 is 0 Å². The second kappa shape index (κ2) is 8.52. The van der Waals surface area contributed by atoms with E-state index in [2.05, 4.69) is 5.32 Å². The fraction of sp³-hybridized carbons (Fsp3) is 0.217. The molecule has 0 unspecified atom stereocenters. The lowest BCUT2D eigenvalue weighted by Crippen LogP contribution is -2.18. The van der Waals surface area contributed by atoms with Gasteiger partial charge in [-0.25, -0.2) is 0 Å². The zero-order chi connectivity index (χ0) is 21.9. The van der Waals surface area contributed by atoms with Gasteiger partial charge < -0.3 is 5.32 Å². The van der Waals surface area contributed by atoms with Crippen molar-refractivity contribution in [2.75, 3.05) is 0 Å². The minimum absolute atomic E-state index is 0.0250. The van der Waals surface area contributed by atoms with Gasteiger partial charge in [0.05, 0.1) is 11.1 Å². The minimum Gasteiger partial charge on any atom is -0.306 e. The molecule has 30 heavy (non-hydrogen) atoms. The highest BCUT2D eigenvalue weighted by Gasteiger charge is 2.34. The van der Waals surface area contributed by atoms with Crippen molar-refractivity contribution in [1.29, 1.82) is 0 Å². The van der Waals surface area contributed by atoms with E-state index in [0.717, 1.165) is 35.9 Å². The molecule has 0 spiro atoms. The van der Waals surface area contributed by atoms with E-state index in [0.29, 0.717) is 12.1 Å². The Hall–Kier alpha value is -2.80. The minimum atomic E-state index is -4.62. The van der Waals surface area contributed by atoms with Gasteiger partial charge in [0.2, 0.25) is 0 Å². The molecule has 0 aliphatic heterocycles. The first-order valence-corrected chi connectivity index (χ1v) is 9.22. The van der Waals surface area contributed by atoms with Gasteiger partial charge in [0.1, 0.15) is 0 Å². The summed E-state index contributed by atoms with van der Waals surface area (Å²) in [6.07, 6.45) is -9.17. The van der Waals surface area contributed by atoms with Crippen molar-refractivity contribution in [3.05, 3.63) is 95.1 Å². The van der Waals surface area contributed by atoms with Crippen molar-refractivity contribution < 1.29 is 26.3 Å². The van der Waals surface area contributed by atoms with Crippen molar-refractivity contribution in [2.24, 2.45) is 0 Å². The standard InChI is InChI=1S/C23H19F6N/c1-15(17-5-3-2-4-6-17)30-14-16-7-12-21(23(27,28)29)20(13-16)18-8-10-19(11-9-18)22(24,25)26/h2-13,15,30H,14H2,1H3/t15-/m1/s1. The summed E-state index contributed by atoms with van der Waals surface area (Å²) in [5.41, 5.74) is -0.236. The van der Waals surface area contributed by atoms with Crippen LogP contribution in [0.5, 0.6) is 0 Å². The fourth-order valence-electron chi connectivity index (χ4n) is 3.16. The summed E-state index contributed by atoms with van der Waals surface area (Å²) in [7, 11) is 0. The van der Waals surface area contributed by atoms with Gasteiger partial charge >= 0.3 is 12.4 Å². The molecule has 0 amide bonds. The smallest absolute Gasteiger partial charge is 0.306 e. The molecule has 0 saturated heterocycles. The Bertz CT molecular complexity index is 975. The lowest BCUT2D eigenvalue weighted by Gasteiger charge is -2.18. The average Bonchev–Trinajstić information content (AvgIpc) is 2.71. The van der Waals surface area contributed by atoms with Crippen molar-refractivity contribution >= 4 is 0 Å². The maximum Gasteiger partial charge on any atom is 0.417 e. The highest BCUT2D eigenvalue weighted by atomic mass is 19.4. The van der Waals surface area contributed by atoms with Crippen LogP contribution in [-0.2, 0) is 18.9 Å². The molecule has 3 aromatic carbocycles. The van der Waals surface area contributed by atoms with E-state index < -0.39 is 23.5 Å². The molecule has 158 valence electrons. The van der Waals surface area contributed by atoms with Crippen molar-refractivity contribution in [3.63, 3.8) is 0 Å². The third-order valence-electron chi connectivity index (χ3n) is 4.82. The van der Waals surface area contributed by atoms with Crippen LogP contribution >= 0.6 is 0 Å². The Morgan fingerprint density at radius 2 is 1.40 bits per heavy atom. The molecule has 1 N–H and O–H groups in total. The van der Waals surface area contributed by atoms with Crippen LogP contribution in [0, 0.1) is 0 Å². The number of benzene rings is 3. The predicted octanol–water partition coefficient (Wildman–Crippen LogP) is 7.24. The number of alkyl halides is 6. The number of hydrogen-bond acceptors (Lipinski definition) is 1. The number of rotatable bonds is 5. The summed E-state index contributed by atoms with van der Waals surface area (Å²) in [4.78, 5) is 0. The van der Waals surface area contributed by atoms with E-state index in [1.54, 1.807) is 0 Å². The van der Waals surface area contributed by atoms with E-state index in [1.165, 1.54) is 12.1 Å². The summed E-state index contributed by atoms with van der Waals surface area (Å²) in [6.45, 7) is 2.25. The Morgan fingerprint density at radius 1 is 0.767 bits per heavy atom. The Balaban J connectivity index is 1.89. The van der Waals surface area contributed by atoms with E-state index in [9.17, 15) is 26.3 Å². The third-order valence-corrected chi connectivity index (χ3v) is 4.82. The fourth-order valence-corrected chi connectivity index (χ4v) is 3.16. The molecule has 0 heterocycles. The topological polar surface area (TPSA) is 12.0 Å². The van der Waals surface area contributed by atoms with Crippen LogP contribution in [0.15, 0.2) is 72.8 Å². The zero-order valence-electron chi connectivity index (χ0n) is 16.0. The SMILES string of the molecule is C[C@@H](NCc1ccc(C(F)(F)F)c(-c2ccc(C(F)(F)F)cc2)c1)c1ccccc1. The maximum atomic E-state index is 13.5. The van der Waals surface area contributed by atoms with Crippen LogP contribution in [0.25, 0.3) is 11.1 Å². The molecular weight excluding hydrogens is 404 g/mol. The van der Waals surface area contributed by atoms with Crippen molar-refractivity contribution in [3.8, 4) is 11.1 Å². The van der Waals surface area contributed by atoms with Crippen molar-refractivity contribution in [2.45, 2.75) is 31.9 Å². The molecule has 0 aliphatic rings. The van der Waals surface area contributed by atoms with Gasteiger partial charge in [-0.15, -0.1) is 0 Å². The summed E-state index contributed by atoms with van der Waals surface area (Å²) in [6, 6.07) is 17.0. The van der Waals surface area contributed by atoms with E-state index in [4.69, 9.17) is 0 Å². The lowest BCUT2D eigenvalue weighted by atomic mass is 9.95. The summed E-state index contributed by atoms with van der Waals surface area (Å²) in [5.74, 6) is 0. The quantitative estimate of drug-likeness (QED) is 0.427. The molecule has 3 rings (SSSR count). The van der Waals surface area contributed by atoms with Crippen LogP contribution in [-0.4, -0.2) is 0 Å². The Labute approximate surface area is 170 Å². The normalized spacial score (nSPS) is 13.3. The van der Waals surface area contributed by atoms with Gasteiger partial charge in [-0.3, -0.25) is 0 Å². The van der Waals surface area contributed by atoms with Gasteiger partial charge in [-0.1, -0.05) is 48.5 Å². The first kappa shape index (κ1) is 21.9. The highest BCUT2D eigenvalue weighted by molar-refractivity contribution is 5.69. The zero-order valence-corrected chi connectivity index (χ0v) is 16.0. The van der Waals surface area contributed by atoms with Crippen LogP contribution in [0.4, 0.5) is 26.3 Å². The molecule has 0 saturated carbocycles. The van der Waals surface area contributed by atoms with Crippen LogP contribution < -0.4 is 5.32 Å². The first-order chi connectivity index (χ1) is 14.1. The van der Waals surface area contributed by atoms with Crippen LogP contribution in [0.1, 0.15) is 35.2 Å². The van der Waals surface area contributed by atoms with Gasteiger partial charge in [0.25, 0.3) is 0 Å². The summed E-state index contributed by atoms with van der Waals surface area (Å²) >= 11 is 0. The average molecular weight is 423 g/mol. The van der Waals surface area contributed by atoms with Crippen molar-refractivity contribution in [1.82, 2.24) is 5.32 Å². The maximum absolute atomic E-state index is 13.5. The first-order valence-electron chi connectivity index (χ1n) is 9.22. The van der Waals surface area contributed by atoms with Gasteiger partial charge in [0, 0.05) is 12.6 Å². The van der Waals surface area contributed by atoms with Gasteiger partial charge in [0.15, 0.2) is 0 Å².